The number of rotatable bonds is 5. The van der Waals surface area contributed by atoms with Gasteiger partial charge in [-0.2, -0.15) is 0 Å². The maximum Gasteiger partial charge on any atom is 0.290 e. The fourth-order valence-electron chi connectivity index (χ4n) is 4.23. The van der Waals surface area contributed by atoms with Gasteiger partial charge in [0, 0.05) is 13.2 Å². The molecule has 0 spiro atoms. The topological polar surface area (TPSA) is 70.8 Å². The molecule has 3 aromatic rings. The summed E-state index contributed by atoms with van der Waals surface area (Å²) in [6.07, 6.45) is 1.36. The standard InChI is InChI=1S/C24H25NO4/c1-4-16-6-8-17(9-7-16)20-19-21(27)18-13-14(2)12-15(3)22(18)29-23(19)24(28)25(20)10-5-11-26/h6-9,12-13,20,26H,4-5,10-11H2,1-3H3. The largest absolute Gasteiger partial charge is 0.450 e. The van der Waals surface area contributed by atoms with Crippen LogP contribution in [0.1, 0.15) is 57.8 Å². The number of carbonyl (C=O) groups is 1. The van der Waals surface area contributed by atoms with E-state index in [1.807, 2.05) is 50.2 Å². The molecule has 0 radical (unpaired) electrons. The van der Waals surface area contributed by atoms with Crippen molar-refractivity contribution in [3.63, 3.8) is 0 Å². The summed E-state index contributed by atoms with van der Waals surface area (Å²) in [5.41, 5.74) is 4.60. The predicted molar refractivity (Wildman–Crippen MR) is 112 cm³/mol. The van der Waals surface area contributed by atoms with Crippen LogP contribution in [0.25, 0.3) is 11.0 Å². The normalized spacial score (nSPS) is 15.9. The lowest BCUT2D eigenvalue weighted by atomic mass is 9.96. The number of aliphatic hydroxyl groups excluding tert-OH is 1. The van der Waals surface area contributed by atoms with Gasteiger partial charge in [-0.15, -0.1) is 0 Å². The summed E-state index contributed by atoms with van der Waals surface area (Å²) < 4.78 is 6.04. The number of aliphatic hydroxyl groups is 1. The Kier molecular flexibility index (Phi) is 5.01. The molecule has 0 aliphatic carbocycles. The van der Waals surface area contributed by atoms with E-state index in [9.17, 15) is 14.7 Å². The van der Waals surface area contributed by atoms with E-state index in [0.29, 0.717) is 29.5 Å². The third-order valence-electron chi connectivity index (χ3n) is 5.66. The van der Waals surface area contributed by atoms with Gasteiger partial charge in [0.25, 0.3) is 5.91 Å². The first kappa shape index (κ1) is 19.4. The van der Waals surface area contributed by atoms with Crippen LogP contribution in [-0.4, -0.2) is 29.1 Å². The highest BCUT2D eigenvalue weighted by atomic mass is 16.3. The number of carbonyl (C=O) groups excluding carboxylic acids is 1. The molecule has 1 unspecified atom stereocenters. The van der Waals surface area contributed by atoms with Crippen LogP contribution < -0.4 is 5.43 Å². The van der Waals surface area contributed by atoms with Crippen LogP contribution in [0.4, 0.5) is 0 Å². The van der Waals surface area contributed by atoms with E-state index in [1.54, 1.807) is 4.90 Å². The van der Waals surface area contributed by atoms with Crippen LogP contribution in [0.15, 0.2) is 45.6 Å². The lowest BCUT2D eigenvalue weighted by molar-refractivity contribution is 0.0716. The van der Waals surface area contributed by atoms with E-state index >= 15 is 0 Å². The minimum Gasteiger partial charge on any atom is -0.450 e. The van der Waals surface area contributed by atoms with Gasteiger partial charge in [0.2, 0.25) is 5.76 Å². The summed E-state index contributed by atoms with van der Waals surface area (Å²) in [4.78, 5) is 28.4. The fourth-order valence-corrected chi connectivity index (χ4v) is 4.23. The molecule has 4 rings (SSSR count). The van der Waals surface area contributed by atoms with Gasteiger partial charge in [-0.1, -0.05) is 37.3 Å². The van der Waals surface area contributed by atoms with E-state index in [-0.39, 0.29) is 23.7 Å². The third-order valence-corrected chi connectivity index (χ3v) is 5.66. The van der Waals surface area contributed by atoms with E-state index in [2.05, 4.69) is 6.92 Å². The summed E-state index contributed by atoms with van der Waals surface area (Å²) in [5.74, 6) is -0.172. The van der Waals surface area contributed by atoms with Crippen LogP contribution >= 0.6 is 0 Å². The number of fused-ring (bicyclic) bond motifs is 2. The number of hydrogen-bond acceptors (Lipinski definition) is 4. The first-order valence-electron chi connectivity index (χ1n) is 10.0. The quantitative estimate of drug-likeness (QED) is 0.716. The zero-order valence-electron chi connectivity index (χ0n) is 17.0. The molecule has 150 valence electrons. The molecule has 5 nitrogen and oxygen atoms in total. The maximum absolute atomic E-state index is 13.5. The number of aryl methyl sites for hydroxylation is 3. The van der Waals surface area contributed by atoms with Gasteiger partial charge >= 0.3 is 0 Å². The Bertz CT molecular complexity index is 1140. The molecule has 5 heteroatoms. The van der Waals surface area contributed by atoms with Crippen LogP contribution in [-0.2, 0) is 6.42 Å². The number of nitrogens with zero attached hydrogens (tertiary/aromatic N) is 1. The molecule has 0 bridgehead atoms. The van der Waals surface area contributed by atoms with E-state index in [4.69, 9.17) is 4.42 Å². The minimum atomic E-state index is -0.503. The van der Waals surface area contributed by atoms with Crippen molar-refractivity contribution in [2.24, 2.45) is 0 Å². The molecule has 0 saturated carbocycles. The highest BCUT2D eigenvalue weighted by molar-refractivity contribution is 5.99. The second kappa shape index (κ2) is 7.48. The van der Waals surface area contributed by atoms with Gasteiger partial charge in [-0.3, -0.25) is 9.59 Å². The first-order valence-corrected chi connectivity index (χ1v) is 10.0. The lowest BCUT2D eigenvalue weighted by Crippen LogP contribution is -2.31. The summed E-state index contributed by atoms with van der Waals surface area (Å²) in [6.45, 7) is 6.24. The summed E-state index contributed by atoms with van der Waals surface area (Å²) in [7, 11) is 0. The lowest BCUT2D eigenvalue weighted by Gasteiger charge is -2.25. The monoisotopic (exact) mass is 391 g/mol. The van der Waals surface area contributed by atoms with Crippen molar-refractivity contribution in [2.75, 3.05) is 13.2 Å². The zero-order chi connectivity index (χ0) is 20.7. The molecule has 1 aliphatic heterocycles. The van der Waals surface area contributed by atoms with Gasteiger partial charge < -0.3 is 14.4 Å². The Morgan fingerprint density at radius 1 is 1.10 bits per heavy atom. The molecule has 29 heavy (non-hydrogen) atoms. The SMILES string of the molecule is CCc1ccc(C2c3c(oc4c(C)cc(C)cc4c3=O)C(=O)N2CCCO)cc1. The summed E-state index contributed by atoms with van der Waals surface area (Å²) in [5, 5.41) is 9.82. The van der Waals surface area contributed by atoms with Crippen molar-refractivity contribution in [3.8, 4) is 0 Å². The van der Waals surface area contributed by atoms with Crippen molar-refractivity contribution in [3.05, 3.63) is 80.2 Å². The van der Waals surface area contributed by atoms with Crippen LogP contribution in [0.5, 0.6) is 0 Å². The Morgan fingerprint density at radius 2 is 1.83 bits per heavy atom. The first-order chi connectivity index (χ1) is 14.0. The zero-order valence-corrected chi connectivity index (χ0v) is 17.0. The Morgan fingerprint density at radius 3 is 2.48 bits per heavy atom. The van der Waals surface area contributed by atoms with Crippen molar-refractivity contribution in [1.82, 2.24) is 4.90 Å². The third kappa shape index (κ3) is 3.15. The van der Waals surface area contributed by atoms with Crippen molar-refractivity contribution in [2.45, 2.75) is 39.7 Å². The Hall–Kier alpha value is -2.92. The van der Waals surface area contributed by atoms with Gasteiger partial charge in [0.15, 0.2) is 5.43 Å². The van der Waals surface area contributed by atoms with Gasteiger partial charge in [-0.25, -0.2) is 0 Å². The molecule has 0 saturated heterocycles. The number of benzene rings is 2. The van der Waals surface area contributed by atoms with Gasteiger partial charge in [-0.05, 0) is 55.0 Å². The van der Waals surface area contributed by atoms with Crippen LogP contribution in [0.2, 0.25) is 0 Å². The number of amides is 1. The van der Waals surface area contributed by atoms with E-state index in [1.165, 1.54) is 5.56 Å². The average Bonchev–Trinajstić information content (AvgIpc) is 2.99. The average molecular weight is 391 g/mol. The molecule has 0 fully saturated rings. The second-order valence-corrected chi connectivity index (χ2v) is 7.71. The van der Waals surface area contributed by atoms with Crippen LogP contribution in [0, 0.1) is 13.8 Å². The maximum atomic E-state index is 13.5. The fraction of sp³-hybridized carbons (Fsp3) is 0.333. The highest BCUT2D eigenvalue weighted by Crippen LogP contribution is 2.38. The highest BCUT2D eigenvalue weighted by Gasteiger charge is 2.42. The van der Waals surface area contributed by atoms with Crippen molar-refractivity contribution >= 4 is 16.9 Å². The summed E-state index contributed by atoms with van der Waals surface area (Å²) >= 11 is 0. The molecule has 1 aromatic heterocycles. The molecule has 1 amide bonds. The second-order valence-electron chi connectivity index (χ2n) is 7.71. The Balaban J connectivity index is 1.97. The molecule has 1 N–H and O–H groups in total. The molecular formula is C24H25NO4. The van der Waals surface area contributed by atoms with Gasteiger partial charge in [0.1, 0.15) is 5.58 Å². The van der Waals surface area contributed by atoms with Crippen LogP contribution in [0.3, 0.4) is 0 Å². The molecule has 1 aliphatic rings. The molecule has 1 atom stereocenters. The van der Waals surface area contributed by atoms with Gasteiger partial charge in [0.05, 0.1) is 17.0 Å². The van der Waals surface area contributed by atoms with Crippen molar-refractivity contribution < 1.29 is 14.3 Å². The molecule has 2 heterocycles. The molecular weight excluding hydrogens is 366 g/mol. The smallest absolute Gasteiger partial charge is 0.290 e. The van der Waals surface area contributed by atoms with E-state index in [0.717, 1.165) is 23.1 Å². The van der Waals surface area contributed by atoms with Crippen molar-refractivity contribution in [1.29, 1.82) is 0 Å². The Labute approximate surface area is 169 Å². The predicted octanol–water partition coefficient (Wildman–Crippen LogP) is 3.90. The number of hydrogen-bond donors (Lipinski definition) is 1. The molecule has 2 aromatic carbocycles. The van der Waals surface area contributed by atoms with E-state index < -0.39 is 6.04 Å². The minimum absolute atomic E-state index is 0.0245. The summed E-state index contributed by atoms with van der Waals surface area (Å²) in [6, 6.07) is 11.3.